The molecule has 0 aromatic heterocycles. The van der Waals surface area contributed by atoms with E-state index < -0.39 is 62.0 Å². The van der Waals surface area contributed by atoms with Crippen LogP contribution in [0, 0.1) is 0 Å². The number of nitrogens with zero attached hydrogens (tertiary/aromatic N) is 1. The Morgan fingerprint density at radius 3 is 1.35 bits per heavy atom. The Balaban J connectivity index is 4.97. The zero-order valence-corrected chi connectivity index (χ0v) is 17.7. The molecule has 0 bridgehead atoms. The lowest BCUT2D eigenvalue weighted by atomic mass is 10.0. The predicted molar refractivity (Wildman–Crippen MR) is 106 cm³/mol. The highest BCUT2D eigenvalue weighted by Gasteiger charge is 2.34. The Morgan fingerprint density at radius 2 is 0.968 bits per heavy atom. The summed E-state index contributed by atoms with van der Waals surface area (Å²) in [5.74, 6) is 0. The number of aliphatic hydroxyl groups excluding tert-OH is 10. The maximum Gasteiger partial charge on any atom is 0.111 e. The second-order valence-electron chi connectivity index (χ2n) is 7.17. The van der Waals surface area contributed by atoms with Crippen LogP contribution in [0.15, 0.2) is 0 Å². The van der Waals surface area contributed by atoms with Gasteiger partial charge in [0, 0.05) is 26.2 Å². The fraction of sp³-hybridized carbons (Fsp3) is 1.00. The Bertz CT molecular complexity index is 404. The van der Waals surface area contributed by atoms with Gasteiger partial charge in [-0.1, -0.05) is 0 Å². The van der Waals surface area contributed by atoms with Gasteiger partial charge in [0.15, 0.2) is 0 Å². The van der Waals surface area contributed by atoms with Crippen LogP contribution in [0.25, 0.3) is 0 Å². The van der Waals surface area contributed by atoms with Gasteiger partial charge in [0.2, 0.25) is 0 Å². The van der Waals surface area contributed by atoms with Crippen LogP contribution in [-0.4, -0.2) is 164 Å². The fourth-order valence-electron chi connectivity index (χ4n) is 2.69. The zero-order chi connectivity index (χ0) is 24.0. The normalized spacial score (nSPS) is 20.1. The van der Waals surface area contributed by atoms with Crippen molar-refractivity contribution in [1.82, 2.24) is 4.90 Å². The number of rotatable bonds is 19. The number of hydrogen-bond donors (Lipinski definition) is 10. The molecule has 13 heteroatoms. The molecule has 0 rings (SSSR count). The molecular formula is C18H39NO12. The van der Waals surface area contributed by atoms with Crippen molar-refractivity contribution in [2.45, 2.75) is 55.8 Å². The van der Waals surface area contributed by atoms with Crippen LogP contribution in [-0.2, 0) is 9.47 Å². The molecule has 0 aliphatic rings. The topological polar surface area (TPSA) is 224 Å². The SMILES string of the molecule is CCOCCOCCN(C[C@H](O)[C@@H](O)[C@H](O)[C@H](O)CO)C[C@H](O)[C@@H](O)[C@H](O)[C@H](O)CO. The Hall–Kier alpha value is -0.520. The maximum absolute atomic E-state index is 10.2. The van der Waals surface area contributed by atoms with E-state index in [4.69, 9.17) is 19.7 Å². The third kappa shape index (κ3) is 11.8. The molecule has 0 heterocycles. The third-order valence-corrected chi connectivity index (χ3v) is 4.67. The first-order chi connectivity index (χ1) is 14.6. The predicted octanol–water partition coefficient (Wildman–Crippen LogP) is -5.79. The first kappa shape index (κ1) is 30.5. The van der Waals surface area contributed by atoms with Crippen molar-refractivity contribution >= 4 is 0 Å². The molecule has 0 aliphatic carbocycles. The van der Waals surface area contributed by atoms with E-state index in [2.05, 4.69) is 0 Å². The summed E-state index contributed by atoms with van der Waals surface area (Å²) in [6.07, 6.45) is -13.9. The van der Waals surface area contributed by atoms with Gasteiger partial charge < -0.3 is 60.5 Å². The number of aliphatic hydroxyl groups is 10. The lowest BCUT2D eigenvalue weighted by Gasteiger charge is -2.33. The van der Waals surface area contributed by atoms with E-state index >= 15 is 0 Å². The van der Waals surface area contributed by atoms with Crippen molar-refractivity contribution in [3.63, 3.8) is 0 Å². The van der Waals surface area contributed by atoms with Crippen LogP contribution in [0.3, 0.4) is 0 Å². The average Bonchev–Trinajstić information content (AvgIpc) is 2.77. The molecule has 0 amide bonds. The minimum absolute atomic E-state index is 0.0942. The van der Waals surface area contributed by atoms with Gasteiger partial charge in [0.05, 0.1) is 45.2 Å². The monoisotopic (exact) mass is 461 g/mol. The standard InChI is InChI=1S/C18H39NO12/c1-2-30-5-6-31-4-3-19(7-11(22)15(26)17(28)13(24)9-20)8-12(23)16(27)18(29)14(25)10-21/h11-18,20-29H,2-10H2,1H3/t11-,12-,13+,14+,15+,16+,17+,18+/m0/s1. The van der Waals surface area contributed by atoms with E-state index in [9.17, 15) is 40.9 Å². The molecule has 13 nitrogen and oxygen atoms in total. The van der Waals surface area contributed by atoms with Gasteiger partial charge in [0.25, 0.3) is 0 Å². The fourth-order valence-corrected chi connectivity index (χ4v) is 2.69. The summed E-state index contributed by atoms with van der Waals surface area (Å²) >= 11 is 0. The lowest BCUT2D eigenvalue weighted by molar-refractivity contribution is -0.131. The molecule has 8 atom stereocenters. The van der Waals surface area contributed by atoms with Crippen LogP contribution in [0.2, 0.25) is 0 Å². The average molecular weight is 462 g/mol. The van der Waals surface area contributed by atoms with Crippen LogP contribution >= 0.6 is 0 Å². The van der Waals surface area contributed by atoms with E-state index in [1.807, 2.05) is 6.92 Å². The van der Waals surface area contributed by atoms with E-state index in [1.165, 1.54) is 4.90 Å². The largest absolute Gasteiger partial charge is 0.394 e. The quantitative estimate of drug-likeness (QED) is 0.0810. The van der Waals surface area contributed by atoms with Gasteiger partial charge in [-0.05, 0) is 6.92 Å². The lowest BCUT2D eigenvalue weighted by Crippen LogP contribution is -2.53. The summed E-state index contributed by atoms with van der Waals surface area (Å²) in [4.78, 5) is 1.36. The molecule has 0 aromatic rings. The molecule has 31 heavy (non-hydrogen) atoms. The summed E-state index contributed by atoms with van der Waals surface area (Å²) in [6.45, 7) is 0.840. The highest BCUT2D eigenvalue weighted by molar-refractivity contribution is 4.86. The van der Waals surface area contributed by atoms with Crippen molar-refractivity contribution in [2.24, 2.45) is 0 Å². The maximum atomic E-state index is 10.2. The molecule has 0 aromatic carbocycles. The Labute approximate surface area is 181 Å². The van der Waals surface area contributed by atoms with Crippen molar-refractivity contribution in [3.05, 3.63) is 0 Å². The molecular weight excluding hydrogens is 422 g/mol. The molecule has 0 unspecified atom stereocenters. The van der Waals surface area contributed by atoms with Gasteiger partial charge in [-0.2, -0.15) is 0 Å². The van der Waals surface area contributed by atoms with Gasteiger partial charge in [-0.25, -0.2) is 0 Å². The molecule has 0 aliphatic heterocycles. The second kappa shape index (κ2) is 17.0. The molecule has 0 fully saturated rings. The second-order valence-corrected chi connectivity index (χ2v) is 7.17. The smallest absolute Gasteiger partial charge is 0.111 e. The molecule has 0 radical (unpaired) electrons. The van der Waals surface area contributed by atoms with Crippen molar-refractivity contribution < 1.29 is 60.5 Å². The highest BCUT2D eigenvalue weighted by Crippen LogP contribution is 2.10. The van der Waals surface area contributed by atoms with Gasteiger partial charge in [0.1, 0.15) is 36.6 Å². The van der Waals surface area contributed by atoms with Crippen LogP contribution in [0.4, 0.5) is 0 Å². The summed E-state index contributed by atoms with van der Waals surface area (Å²) in [5, 5.41) is 96.4. The Morgan fingerprint density at radius 1 is 0.581 bits per heavy atom. The molecule has 188 valence electrons. The van der Waals surface area contributed by atoms with E-state index in [-0.39, 0.29) is 32.8 Å². The Kier molecular flexibility index (Phi) is 16.7. The number of hydrogen-bond acceptors (Lipinski definition) is 13. The molecule has 0 spiro atoms. The van der Waals surface area contributed by atoms with Crippen molar-refractivity contribution in [1.29, 1.82) is 0 Å². The molecule has 10 N–H and O–H groups in total. The minimum Gasteiger partial charge on any atom is -0.394 e. The summed E-state index contributed by atoms with van der Waals surface area (Å²) < 4.78 is 10.5. The summed E-state index contributed by atoms with van der Waals surface area (Å²) in [5.41, 5.74) is 0. The van der Waals surface area contributed by atoms with Crippen LogP contribution in [0.1, 0.15) is 6.92 Å². The van der Waals surface area contributed by atoms with E-state index in [0.29, 0.717) is 13.2 Å². The van der Waals surface area contributed by atoms with Crippen molar-refractivity contribution in [3.8, 4) is 0 Å². The van der Waals surface area contributed by atoms with E-state index in [1.54, 1.807) is 0 Å². The highest BCUT2D eigenvalue weighted by atomic mass is 16.5. The number of ether oxygens (including phenoxy) is 2. The summed E-state index contributed by atoms with van der Waals surface area (Å²) in [7, 11) is 0. The first-order valence-corrected chi connectivity index (χ1v) is 10.1. The third-order valence-electron chi connectivity index (χ3n) is 4.67. The van der Waals surface area contributed by atoms with Gasteiger partial charge in [-0.3, -0.25) is 4.90 Å². The molecule has 0 saturated heterocycles. The zero-order valence-electron chi connectivity index (χ0n) is 17.7. The summed E-state index contributed by atoms with van der Waals surface area (Å²) in [6, 6.07) is 0. The van der Waals surface area contributed by atoms with Gasteiger partial charge >= 0.3 is 0 Å². The van der Waals surface area contributed by atoms with E-state index in [0.717, 1.165) is 0 Å². The minimum atomic E-state index is -1.83. The van der Waals surface area contributed by atoms with Gasteiger partial charge in [-0.15, -0.1) is 0 Å². The van der Waals surface area contributed by atoms with Crippen LogP contribution < -0.4 is 0 Å². The van der Waals surface area contributed by atoms with Crippen LogP contribution in [0.5, 0.6) is 0 Å². The molecule has 0 saturated carbocycles. The van der Waals surface area contributed by atoms with Crippen molar-refractivity contribution in [2.75, 3.05) is 59.3 Å². The first-order valence-electron chi connectivity index (χ1n) is 10.1.